The molecule has 0 heterocycles. The van der Waals surface area contributed by atoms with Crippen molar-refractivity contribution >= 4 is 44.5 Å². The monoisotopic (exact) mass is 333 g/mol. The molecule has 0 radical (unpaired) electrons. The summed E-state index contributed by atoms with van der Waals surface area (Å²) in [7, 11) is 0. The molecule has 0 aliphatic carbocycles. The highest BCUT2D eigenvalue weighted by atomic mass is 35.5. The molecule has 4 aromatic carbocycles. The summed E-state index contributed by atoms with van der Waals surface area (Å²) in [5, 5.41) is 18.3. The molecule has 118 valence electrons. The van der Waals surface area contributed by atoms with E-state index in [4.69, 9.17) is 11.6 Å². The first-order valence-electron chi connectivity index (χ1n) is 7.84. The molecular weight excluding hydrogens is 318 g/mol. The van der Waals surface area contributed by atoms with Gasteiger partial charge in [0.2, 0.25) is 0 Å². The Hall–Kier alpha value is -2.55. The Morgan fingerprint density at radius 3 is 1.75 bits per heavy atom. The Labute approximate surface area is 145 Å². The third-order valence-corrected chi connectivity index (χ3v) is 4.66. The molecule has 2 nitrogen and oxygen atoms in total. The highest BCUT2D eigenvalue weighted by Crippen LogP contribution is 2.39. The number of aliphatic hydroxyl groups excluding tert-OH is 1. The summed E-state index contributed by atoms with van der Waals surface area (Å²) in [6.45, 7) is 0.00734. The Balaban J connectivity index is 2.07. The molecule has 0 amide bonds. The standard InChI is InChI=1S/C21H16ClNO/c22-19-11-5-6-12-20(19)23-21-16-9-3-1-7-14(16)18(13-24)15-8-2-4-10-17(15)21/h1-12,23-24H,13H2. The smallest absolute Gasteiger partial charge is 0.0693 e. The highest BCUT2D eigenvalue weighted by Gasteiger charge is 2.13. The van der Waals surface area contributed by atoms with Gasteiger partial charge in [-0.3, -0.25) is 0 Å². The zero-order valence-electron chi connectivity index (χ0n) is 13.0. The molecule has 24 heavy (non-hydrogen) atoms. The van der Waals surface area contributed by atoms with E-state index in [2.05, 4.69) is 17.4 Å². The molecule has 0 spiro atoms. The maximum Gasteiger partial charge on any atom is 0.0693 e. The van der Waals surface area contributed by atoms with Gasteiger partial charge in [0.25, 0.3) is 0 Å². The summed E-state index contributed by atoms with van der Waals surface area (Å²) in [5.74, 6) is 0. The minimum atomic E-state index is 0.00734. The average molecular weight is 334 g/mol. The molecule has 0 atom stereocenters. The van der Waals surface area contributed by atoms with Crippen LogP contribution in [0, 0.1) is 0 Å². The van der Waals surface area contributed by atoms with Crippen molar-refractivity contribution in [2.45, 2.75) is 6.61 Å². The second-order valence-corrected chi connectivity index (χ2v) is 6.11. The predicted octanol–water partition coefficient (Wildman–Crippen LogP) is 5.88. The third kappa shape index (κ3) is 2.41. The topological polar surface area (TPSA) is 32.3 Å². The second kappa shape index (κ2) is 6.16. The molecule has 2 N–H and O–H groups in total. The van der Waals surface area contributed by atoms with E-state index in [-0.39, 0.29) is 6.61 Å². The molecule has 0 aliphatic rings. The lowest BCUT2D eigenvalue weighted by molar-refractivity contribution is 0.285. The highest BCUT2D eigenvalue weighted by molar-refractivity contribution is 6.33. The number of nitrogens with one attached hydrogen (secondary N) is 1. The fraction of sp³-hybridized carbons (Fsp3) is 0.0476. The van der Waals surface area contributed by atoms with Crippen LogP contribution in [0.25, 0.3) is 21.5 Å². The summed E-state index contributed by atoms with van der Waals surface area (Å²) in [4.78, 5) is 0. The number of rotatable bonds is 3. The average Bonchev–Trinajstić information content (AvgIpc) is 2.63. The minimum absolute atomic E-state index is 0.00734. The number of anilines is 2. The maximum atomic E-state index is 9.92. The summed E-state index contributed by atoms with van der Waals surface area (Å²) in [6.07, 6.45) is 0. The van der Waals surface area contributed by atoms with Crippen molar-refractivity contribution in [2.24, 2.45) is 0 Å². The first kappa shape index (κ1) is 15.0. The number of aliphatic hydroxyl groups is 1. The van der Waals surface area contributed by atoms with E-state index in [0.717, 1.165) is 38.5 Å². The lowest BCUT2D eigenvalue weighted by Crippen LogP contribution is -1.97. The Kier molecular flexibility index (Phi) is 3.85. The van der Waals surface area contributed by atoms with Crippen molar-refractivity contribution in [3.05, 3.63) is 83.4 Å². The zero-order valence-corrected chi connectivity index (χ0v) is 13.7. The quantitative estimate of drug-likeness (QED) is 0.459. The van der Waals surface area contributed by atoms with E-state index in [0.29, 0.717) is 5.02 Å². The summed E-state index contributed by atoms with van der Waals surface area (Å²) >= 11 is 6.33. The van der Waals surface area contributed by atoms with E-state index in [9.17, 15) is 5.11 Å². The van der Waals surface area contributed by atoms with Gasteiger partial charge < -0.3 is 10.4 Å². The molecule has 0 aliphatic heterocycles. The molecular formula is C21H16ClNO. The fourth-order valence-electron chi connectivity index (χ4n) is 3.22. The van der Waals surface area contributed by atoms with Crippen LogP contribution in [0.3, 0.4) is 0 Å². The van der Waals surface area contributed by atoms with Gasteiger partial charge >= 0.3 is 0 Å². The van der Waals surface area contributed by atoms with Gasteiger partial charge in [-0.05, 0) is 28.5 Å². The van der Waals surface area contributed by atoms with Crippen LogP contribution in [-0.2, 0) is 6.61 Å². The Morgan fingerprint density at radius 2 is 1.21 bits per heavy atom. The first-order valence-corrected chi connectivity index (χ1v) is 8.22. The zero-order chi connectivity index (χ0) is 16.5. The molecule has 0 aromatic heterocycles. The largest absolute Gasteiger partial charge is 0.392 e. The van der Waals surface area contributed by atoms with Crippen molar-refractivity contribution in [1.82, 2.24) is 0 Å². The Morgan fingerprint density at radius 1 is 0.708 bits per heavy atom. The molecule has 4 aromatic rings. The van der Waals surface area contributed by atoms with Gasteiger partial charge in [0.1, 0.15) is 0 Å². The summed E-state index contributed by atoms with van der Waals surface area (Å²) in [5.41, 5.74) is 2.82. The van der Waals surface area contributed by atoms with Crippen molar-refractivity contribution in [2.75, 3.05) is 5.32 Å². The predicted molar refractivity (Wildman–Crippen MR) is 102 cm³/mol. The maximum absolute atomic E-state index is 9.92. The van der Waals surface area contributed by atoms with Crippen LogP contribution in [0.1, 0.15) is 5.56 Å². The van der Waals surface area contributed by atoms with Crippen molar-refractivity contribution in [3.8, 4) is 0 Å². The van der Waals surface area contributed by atoms with E-state index in [1.165, 1.54) is 0 Å². The number of para-hydroxylation sites is 1. The van der Waals surface area contributed by atoms with Gasteiger partial charge in [0.05, 0.1) is 23.0 Å². The van der Waals surface area contributed by atoms with Crippen LogP contribution in [0.4, 0.5) is 11.4 Å². The Bertz CT molecular complexity index is 985. The number of benzene rings is 4. The van der Waals surface area contributed by atoms with Gasteiger partial charge in [-0.2, -0.15) is 0 Å². The minimum Gasteiger partial charge on any atom is -0.392 e. The van der Waals surface area contributed by atoms with Gasteiger partial charge in [-0.1, -0.05) is 72.3 Å². The SMILES string of the molecule is OCc1c2ccccc2c(Nc2ccccc2Cl)c2ccccc12. The summed E-state index contributed by atoms with van der Waals surface area (Å²) in [6, 6.07) is 24.0. The van der Waals surface area contributed by atoms with E-state index in [1.54, 1.807) is 0 Å². The van der Waals surface area contributed by atoms with E-state index >= 15 is 0 Å². The van der Waals surface area contributed by atoms with Crippen LogP contribution in [-0.4, -0.2) is 5.11 Å². The van der Waals surface area contributed by atoms with Crippen molar-refractivity contribution in [3.63, 3.8) is 0 Å². The lowest BCUT2D eigenvalue weighted by atomic mass is 9.95. The normalized spacial score (nSPS) is 11.1. The van der Waals surface area contributed by atoms with Crippen molar-refractivity contribution in [1.29, 1.82) is 0 Å². The first-order chi connectivity index (χ1) is 11.8. The van der Waals surface area contributed by atoms with Crippen LogP contribution in [0.2, 0.25) is 5.02 Å². The molecule has 4 rings (SSSR count). The van der Waals surface area contributed by atoms with Crippen molar-refractivity contribution < 1.29 is 5.11 Å². The number of fused-ring (bicyclic) bond motifs is 2. The number of halogens is 1. The molecule has 0 bridgehead atoms. The van der Waals surface area contributed by atoms with Crippen LogP contribution >= 0.6 is 11.6 Å². The van der Waals surface area contributed by atoms with Gasteiger partial charge in [0, 0.05) is 10.8 Å². The van der Waals surface area contributed by atoms with E-state index < -0.39 is 0 Å². The van der Waals surface area contributed by atoms with Crippen LogP contribution < -0.4 is 5.32 Å². The molecule has 3 heteroatoms. The summed E-state index contributed by atoms with van der Waals surface area (Å²) < 4.78 is 0. The van der Waals surface area contributed by atoms with Gasteiger partial charge in [-0.15, -0.1) is 0 Å². The third-order valence-electron chi connectivity index (χ3n) is 4.33. The number of hydrogen-bond acceptors (Lipinski definition) is 2. The van der Waals surface area contributed by atoms with Gasteiger partial charge in [0.15, 0.2) is 0 Å². The molecule has 0 unspecified atom stereocenters. The second-order valence-electron chi connectivity index (χ2n) is 5.71. The molecule has 0 saturated heterocycles. The van der Waals surface area contributed by atoms with E-state index in [1.807, 2.05) is 60.7 Å². The lowest BCUT2D eigenvalue weighted by Gasteiger charge is -2.17. The van der Waals surface area contributed by atoms with Gasteiger partial charge in [-0.25, -0.2) is 0 Å². The van der Waals surface area contributed by atoms with Crippen LogP contribution in [0.5, 0.6) is 0 Å². The molecule has 0 saturated carbocycles. The fourth-order valence-corrected chi connectivity index (χ4v) is 3.40. The number of hydrogen-bond donors (Lipinski definition) is 2. The molecule has 0 fully saturated rings. The van der Waals surface area contributed by atoms with Crippen LogP contribution in [0.15, 0.2) is 72.8 Å².